The smallest absolute Gasteiger partial charge is 0.322 e. The molecule has 28 heavy (non-hydrogen) atoms. The number of urea groups is 1. The quantitative estimate of drug-likeness (QED) is 0.220. The van der Waals surface area contributed by atoms with Crippen LogP contribution in [-0.2, 0) is 9.59 Å². The molecule has 9 nitrogen and oxygen atoms in total. The second kappa shape index (κ2) is 10.3. The van der Waals surface area contributed by atoms with Crippen LogP contribution in [0.5, 0.6) is 0 Å². The van der Waals surface area contributed by atoms with Crippen molar-refractivity contribution in [3.05, 3.63) is 0 Å². The molecule has 3 N–H and O–H groups in total. The van der Waals surface area contributed by atoms with Gasteiger partial charge in [-0.05, 0) is 39.0 Å². The highest BCUT2D eigenvalue weighted by atomic mass is 127. The summed E-state index contributed by atoms with van der Waals surface area (Å²) in [6.45, 7) is 7.48. The van der Waals surface area contributed by atoms with Crippen LogP contribution in [0.15, 0.2) is 4.99 Å². The van der Waals surface area contributed by atoms with Crippen molar-refractivity contribution >= 4 is 47.8 Å². The lowest BCUT2D eigenvalue weighted by molar-refractivity contribution is -0.127. The van der Waals surface area contributed by atoms with E-state index in [0.717, 1.165) is 25.2 Å². The van der Waals surface area contributed by atoms with Gasteiger partial charge in [-0.25, -0.2) is 9.79 Å². The molecule has 4 amide bonds. The zero-order chi connectivity index (χ0) is 20.2. The number of amides is 4. The van der Waals surface area contributed by atoms with E-state index in [-0.39, 0.29) is 54.3 Å². The van der Waals surface area contributed by atoms with Crippen molar-refractivity contribution in [3.8, 4) is 0 Å². The Morgan fingerprint density at radius 1 is 1.36 bits per heavy atom. The number of likely N-dealkylation sites (tertiary alicyclic amines) is 1. The predicted octanol–water partition coefficient (Wildman–Crippen LogP) is 0.747. The molecule has 2 saturated heterocycles. The van der Waals surface area contributed by atoms with E-state index in [4.69, 9.17) is 0 Å². The molecule has 0 saturated carbocycles. The first-order chi connectivity index (χ1) is 12.7. The van der Waals surface area contributed by atoms with E-state index in [0.29, 0.717) is 13.1 Å². The Kier molecular flexibility index (Phi) is 8.96. The number of piperidine rings is 1. The van der Waals surface area contributed by atoms with Gasteiger partial charge in [-0.15, -0.1) is 24.0 Å². The molecule has 0 spiro atoms. The molecule has 2 atom stereocenters. The van der Waals surface area contributed by atoms with Gasteiger partial charge in [0.05, 0.1) is 0 Å². The van der Waals surface area contributed by atoms with Crippen LogP contribution in [0.3, 0.4) is 0 Å². The molecule has 2 unspecified atom stereocenters. The summed E-state index contributed by atoms with van der Waals surface area (Å²) in [6.07, 6.45) is 2.46. The van der Waals surface area contributed by atoms with E-state index in [2.05, 4.69) is 39.7 Å². The average Bonchev–Trinajstić information content (AvgIpc) is 2.90. The number of guanidine groups is 1. The van der Waals surface area contributed by atoms with Gasteiger partial charge in [-0.1, -0.05) is 6.92 Å². The third-order valence-electron chi connectivity index (χ3n) is 5.53. The third-order valence-corrected chi connectivity index (χ3v) is 5.53. The fraction of sp³-hybridized carbons (Fsp3) is 0.778. The van der Waals surface area contributed by atoms with Gasteiger partial charge in [-0.2, -0.15) is 0 Å². The summed E-state index contributed by atoms with van der Waals surface area (Å²) in [7, 11) is 3.43. The fourth-order valence-electron chi connectivity index (χ4n) is 3.36. The number of rotatable bonds is 5. The highest BCUT2D eigenvalue weighted by Gasteiger charge is 2.48. The Labute approximate surface area is 184 Å². The standard InChI is InChI=1S/C18H32N6O3.HI/c1-6-12(2)20-16(19-11-14(25)23(4)5)24-9-7-13(8-10-24)18(3)15(26)21-17(27)22-18;/h12-13H,6-11H2,1-5H3,(H,19,20)(H2,21,22,26,27);1H. The molecule has 160 valence electrons. The van der Waals surface area contributed by atoms with E-state index in [1.165, 1.54) is 4.90 Å². The summed E-state index contributed by atoms with van der Waals surface area (Å²) in [5, 5.41) is 8.50. The van der Waals surface area contributed by atoms with Crippen molar-refractivity contribution in [2.75, 3.05) is 33.7 Å². The Morgan fingerprint density at radius 3 is 2.43 bits per heavy atom. The highest BCUT2D eigenvalue weighted by Crippen LogP contribution is 2.30. The summed E-state index contributed by atoms with van der Waals surface area (Å²) in [6, 6.07) is -0.179. The molecule has 0 aromatic heterocycles. The number of hydrogen-bond acceptors (Lipinski definition) is 4. The summed E-state index contributed by atoms with van der Waals surface area (Å²) in [5.74, 6) is 0.483. The predicted molar refractivity (Wildman–Crippen MR) is 119 cm³/mol. The summed E-state index contributed by atoms with van der Waals surface area (Å²) in [5.41, 5.74) is -0.856. The van der Waals surface area contributed by atoms with Crippen LogP contribution in [-0.4, -0.2) is 78.9 Å². The van der Waals surface area contributed by atoms with E-state index in [1.807, 2.05) is 0 Å². The Hall–Kier alpha value is -1.59. The minimum atomic E-state index is -0.856. The van der Waals surface area contributed by atoms with Crippen molar-refractivity contribution in [1.82, 2.24) is 25.8 Å². The zero-order valence-electron chi connectivity index (χ0n) is 17.4. The van der Waals surface area contributed by atoms with Gasteiger partial charge in [0.1, 0.15) is 12.1 Å². The van der Waals surface area contributed by atoms with Gasteiger partial charge in [0.15, 0.2) is 5.96 Å². The van der Waals surface area contributed by atoms with Crippen LogP contribution in [0.2, 0.25) is 0 Å². The van der Waals surface area contributed by atoms with Crippen LogP contribution in [0.25, 0.3) is 0 Å². The van der Waals surface area contributed by atoms with E-state index in [9.17, 15) is 14.4 Å². The van der Waals surface area contributed by atoms with Crippen LogP contribution in [0, 0.1) is 5.92 Å². The molecule has 10 heteroatoms. The van der Waals surface area contributed by atoms with Gasteiger partial charge in [-0.3, -0.25) is 14.9 Å². The van der Waals surface area contributed by atoms with Crippen LogP contribution < -0.4 is 16.0 Å². The second-order valence-electron chi connectivity index (χ2n) is 7.75. The van der Waals surface area contributed by atoms with Gasteiger partial charge in [0.2, 0.25) is 5.91 Å². The third kappa shape index (κ3) is 5.71. The fourth-order valence-corrected chi connectivity index (χ4v) is 3.36. The van der Waals surface area contributed by atoms with Crippen molar-refractivity contribution in [3.63, 3.8) is 0 Å². The molecule has 2 rings (SSSR count). The molecular formula is C18H33IN6O3. The average molecular weight is 508 g/mol. The van der Waals surface area contributed by atoms with Crippen molar-refractivity contribution in [2.24, 2.45) is 10.9 Å². The van der Waals surface area contributed by atoms with Gasteiger partial charge in [0.25, 0.3) is 5.91 Å². The number of likely N-dealkylation sites (N-methyl/N-ethyl adjacent to an activating group) is 1. The van der Waals surface area contributed by atoms with Crippen LogP contribution >= 0.6 is 24.0 Å². The van der Waals surface area contributed by atoms with Crippen LogP contribution in [0.1, 0.15) is 40.0 Å². The molecular weight excluding hydrogens is 475 g/mol. The molecule has 2 fully saturated rings. The summed E-state index contributed by atoms with van der Waals surface area (Å²) >= 11 is 0. The molecule has 2 heterocycles. The molecule has 2 aliphatic heterocycles. The minimum Gasteiger partial charge on any atom is -0.354 e. The monoisotopic (exact) mass is 508 g/mol. The zero-order valence-corrected chi connectivity index (χ0v) is 19.7. The maximum absolute atomic E-state index is 12.2. The lowest BCUT2D eigenvalue weighted by Crippen LogP contribution is -2.56. The first-order valence-electron chi connectivity index (χ1n) is 9.57. The van der Waals surface area contributed by atoms with Crippen molar-refractivity contribution < 1.29 is 14.4 Å². The summed E-state index contributed by atoms with van der Waals surface area (Å²) in [4.78, 5) is 43.8. The second-order valence-corrected chi connectivity index (χ2v) is 7.75. The topological polar surface area (TPSA) is 106 Å². The van der Waals surface area contributed by atoms with Crippen molar-refractivity contribution in [1.29, 1.82) is 0 Å². The number of halogens is 1. The Balaban J connectivity index is 0.00000392. The van der Waals surface area contributed by atoms with E-state index in [1.54, 1.807) is 21.0 Å². The number of aliphatic imine (C=N–C) groups is 1. The summed E-state index contributed by atoms with van der Waals surface area (Å²) < 4.78 is 0. The molecule has 0 aliphatic carbocycles. The Bertz CT molecular complexity index is 618. The molecule has 0 bridgehead atoms. The molecule has 0 aromatic carbocycles. The number of imide groups is 1. The van der Waals surface area contributed by atoms with Crippen molar-refractivity contribution in [2.45, 2.75) is 51.6 Å². The number of hydrogen-bond donors (Lipinski definition) is 3. The SMILES string of the molecule is CCC(C)NC(=NCC(=O)N(C)C)N1CCC(C2(C)NC(=O)NC2=O)CC1.I. The number of nitrogens with zero attached hydrogens (tertiary/aromatic N) is 3. The minimum absolute atomic E-state index is 0. The van der Waals surface area contributed by atoms with Gasteiger partial charge < -0.3 is 20.4 Å². The highest BCUT2D eigenvalue weighted by molar-refractivity contribution is 14.0. The first kappa shape index (κ1) is 24.4. The lowest BCUT2D eigenvalue weighted by Gasteiger charge is -2.40. The molecule has 0 aromatic rings. The lowest BCUT2D eigenvalue weighted by atomic mass is 9.79. The molecule has 0 radical (unpaired) electrons. The Morgan fingerprint density at radius 2 is 1.96 bits per heavy atom. The normalized spacial score (nSPS) is 24.2. The van der Waals surface area contributed by atoms with Crippen LogP contribution in [0.4, 0.5) is 4.79 Å². The maximum atomic E-state index is 12.2. The van der Waals surface area contributed by atoms with E-state index >= 15 is 0 Å². The largest absolute Gasteiger partial charge is 0.354 e. The first-order valence-corrected chi connectivity index (χ1v) is 9.57. The number of carbonyl (C=O) groups is 3. The van der Waals surface area contributed by atoms with Gasteiger partial charge >= 0.3 is 6.03 Å². The van der Waals surface area contributed by atoms with E-state index < -0.39 is 11.6 Å². The number of nitrogens with one attached hydrogen (secondary N) is 3. The maximum Gasteiger partial charge on any atom is 0.322 e. The number of carbonyl (C=O) groups excluding carboxylic acids is 3. The van der Waals surface area contributed by atoms with Gasteiger partial charge in [0, 0.05) is 33.2 Å². The molecule has 2 aliphatic rings.